The van der Waals surface area contributed by atoms with Crippen molar-refractivity contribution in [1.29, 1.82) is 0 Å². The Labute approximate surface area is 162 Å². The lowest BCUT2D eigenvalue weighted by Crippen LogP contribution is -2.28. The minimum atomic E-state index is -3.86. The van der Waals surface area contributed by atoms with E-state index < -0.39 is 15.8 Å². The van der Waals surface area contributed by atoms with Gasteiger partial charge >= 0.3 is 0 Å². The van der Waals surface area contributed by atoms with Crippen LogP contribution in [-0.4, -0.2) is 20.9 Å². The molecule has 4 rings (SSSR count). The second-order valence-corrected chi connectivity index (χ2v) is 8.16. The fourth-order valence-electron chi connectivity index (χ4n) is 3.26. The molecular weight excluding hydrogens is 379 g/mol. The number of fused-ring (bicyclic) bond motifs is 1. The third-order valence-electron chi connectivity index (χ3n) is 4.60. The summed E-state index contributed by atoms with van der Waals surface area (Å²) >= 11 is 0. The molecule has 0 aromatic heterocycles. The van der Waals surface area contributed by atoms with Crippen LogP contribution in [0.4, 0.5) is 15.8 Å². The lowest BCUT2D eigenvalue weighted by atomic mass is 10.1. The number of nitrogens with zero attached hydrogens (tertiary/aromatic N) is 1. The van der Waals surface area contributed by atoms with E-state index in [4.69, 9.17) is 0 Å². The van der Waals surface area contributed by atoms with Crippen molar-refractivity contribution in [2.24, 2.45) is 0 Å². The van der Waals surface area contributed by atoms with E-state index in [9.17, 15) is 17.6 Å². The Balaban J connectivity index is 1.60. The summed E-state index contributed by atoms with van der Waals surface area (Å²) in [5, 5.41) is 0. The summed E-state index contributed by atoms with van der Waals surface area (Å²) in [5.74, 6) is -0.642. The SMILES string of the molecule is O=C(c1ccccc1)N1CCc2cc(S(=O)(=O)Nc3cccc(F)c3)ccc21. The van der Waals surface area contributed by atoms with E-state index >= 15 is 0 Å². The summed E-state index contributed by atoms with van der Waals surface area (Å²) < 4.78 is 41.0. The average molecular weight is 396 g/mol. The van der Waals surface area contributed by atoms with Gasteiger partial charge in [-0.25, -0.2) is 12.8 Å². The number of carbonyl (C=O) groups excluding carboxylic acids is 1. The van der Waals surface area contributed by atoms with E-state index in [-0.39, 0.29) is 16.5 Å². The summed E-state index contributed by atoms with van der Waals surface area (Å²) in [5.41, 5.74) is 2.23. The van der Waals surface area contributed by atoms with Gasteiger partial charge in [-0.2, -0.15) is 0 Å². The number of sulfonamides is 1. The van der Waals surface area contributed by atoms with Gasteiger partial charge in [0.05, 0.1) is 10.6 Å². The van der Waals surface area contributed by atoms with Crippen LogP contribution < -0.4 is 9.62 Å². The topological polar surface area (TPSA) is 66.5 Å². The van der Waals surface area contributed by atoms with Crippen LogP contribution in [0.1, 0.15) is 15.9 Å². The zero-order valence-corrected chi connectivity index (χ0v) is 15.6. The van der Waals surface area contributed by atoms with Gasteiger partial charge in [-0.1, -0.05) is 24.3 Å². The smallest absolute Gasteiger partial charge is 0.261 e. The van der Waals surface area contributed by atoms with Crippen molar-refractivity contribution >= 4 is 27.3 Å². The molecule has 1 aliphatic heterocycles. The molecule has 1 N–H and O–H groups in total. The minimum absolute atomic E-state index is 0.0736. The van der Waals surface area contributed by atoms with E-state index in [1.54, 1.807) is 41.3 Å². The molecule has 0 saturated heterocycles. The predicted molar refractivity (Wildman–Crippen MR) is 105 cm³/mol. The van der Waals surface area contributed by atoms with Crippen LogP contribution in [0, 0.1) is 5.82 Å². The van der Waals surface area contributed by atoms with Gasteiger partial charge in [0.2, 0.25) is 0 Å². The lowest BCUT2D eigenvalue weighted by molar-refractivity contribution is 0.0989. The van der Waals surface area contributed by atoms with Crippen LogP contribution in [0.5, 0.6) is 0 Å². The van der Waals surface area contributed by atoms with Gasteiger partial charge in [0, 0.05) is 17.8 Å². The normalized spacial score (nSPS) is 13.2. The van der Waals surface area contributed by atoms with Crippen molar-refractivity contribution in [3.63, 3.8) is 0 Å². The Morgan fingerprint density at radius 2 is 1.75 bits per heavy atom. The summed E-state index contributed by atoms with van der Waals surface area (Å²) in [7, 11) is -3.86. The van der Waals surface area contributed by atoms with E-state index in [1.165, 1.54) is 24.3 Å². The van der Waals surface area contributed by atoms with Gasteiger partial charge in [-0.05, 0) is 60.5 Å². The summed E-state index contributed by atoms with van der Waals surface area (Å²) in [6, 6.07) is 18.9. The number of hydrogen-bond donors (Lipinski definition) is 1. The van der Waals surface area contributed by atoms with Crippen molar-refractivity contribution < 1.29 is 17.6 Å². The molecule has 5 nitrogen and oxygen atoms in total. The maximum Gasteiger partial charge on any atom is 0.261 e. The first-order chi connectivity index (χ1) is 13.4. The molecular formula is C21H17FN2O3S. The average Bonchev–Trinajstić information content (AvgIpc) is 3.11. The highest BCUT2D eigenvalue weighted by Gasteiger charge is 2.27. The fourth-order valence-corrected chi connectivity index (χ4v) is 4.36. The molecule has 0 unspecified atom stereocenters. The molecule has 3 aromatic carbocycles. The second kappa shape index (κ2) is 7.09. The van der Waals surface area contributed by atoms with Crippen LogP contribution >= 0.6 is 0 Å². The zero-order chi connectivity index (χ0) is 19.7. The van der Waals surface area contributed by atoms with Crippen molar-refractivity contribution in [2.45, 2.75) is 11.3 Å². The van der Waals surface area contributed by atoms with Gasteiger partial charge in [0.15, 0.2) is 0 Å². The Hall–Kier alpha value is -3.19. The standard InChI is InChI=1S/C21H17FN2O3S/c22-17-7-4-8-18(14-17)23-28(26,27)19-9-10-20-16(13-19)11-12-24(20)21(25)15-5-2-1-3-6-15/h1-10,13-14,23H,11-12H2. The summed E-state index contributed by atoms with van der Waals surface area (Å²) in [6.45, 7) is 0.490. The number of nitrogens with one attached hydrogen (secondary N) is 1. The molecule has 0 fully saturated rings. The zero-order valence-electron chi connectivity index (χ0n) is 14.8. The number of benzene rings is 3. The number of rotatable bonds is 4. The Kier molecular flexibility index (Phi) is 4.60. The molecule has 0 bridgehead atoms. The van der Waals surface area contributed by atoms with Crippen LogP contribution in [0.3, 0.4) is 0 Å². The monoisotopic (exact) mass is 396 g/mol. The molecule has 0 aliphatic carbocycles. The fraction of sp³-hybridized carbons (Fsp3) is 0.0952. The molecule has 0 atom stereocenters. The molecule has 1 heterocycles. The second-order valence-electron chi connectivity index (χ2n) is 6.48. The van der Waals surface area contributed by atoms with Crippen molar-refractivity contribution in [1.82, 2.24) is 0 Å². The van der Waals surface area contributed by atoms with Crippen LogP contribution in [0.25, 0.3) is 0 Å². The third kappa shape index (κ3) is 3.48. The van der Waals surface area contributed by atoms with Gasteiger partial charge in [-0.3, -0.25) is 9.52 Å². The quantitative estimate of drug-likeness (QED) is 0.729. The third-order valence-corrected chi connectivity index (χ3v) is 5.98. The molecule has 0 saturated carbocycles. The van der Waals surface area contributed by atoms with E-state index in [1.807, 2.05) is 6.07 Å². The Morgan fingerprint density at radius 3 is 2.50 bits per heavy atom. The van der Waals surface area contributed by atoms with Crippen molar-refractivity contribution in [3.05, 3.63) is 89.7 Å². The maximum absolute atomic E-state index is 13.3. The van der Waals surface area contributed by atoms with E-state index in [0.29, 0.717) is 24.2 Å². The van der Waals surface area contributed by atoms with Crippen LogP contribution in [0.15, 0.2) is 77.7 Å². The highest BCUT2D eigenvalue weighted by Crippen LogP contribution is 2.32. The molecule has 0 radical (unpaired) electrons. The first-order valence-corrected chi connectivity index (χ1v) is 10.2. The molecule has 0 spiro atoms. The molecule has 3 aromatic rings. The first-order valence-electron chi connectivity index (χ1n) is 8.72. The summed E-state index contributed by atoms with van der Waals surface area (Å²) in [6.07, 6.45) is 0.567. The highest BCUT2D eigenvalue weighted by molar-refractivity contribution is 7.92. The van der Waals surface area contributed by atoms with Gasteiger partial charge in [0.1, 0.15) is 5.82 Å². The summed E-state index contributed by atoms with van der Waals surface area (Å²) in [4.78, 5) is 14.5. The van der Waals surface area contributed by atoms with Gasteiger partial charge < -0.3 is 4.90 Å². The molecule has 1 aliphatic rings. The van der Waals surface area contributed by atoms with E-state index in [2.05, 4.69) is 4.72 Å². The largest absolute Gasteiger partial charge is 0.308 e. The molecule has 1 amide bonds. The Bertz CT molecular complexity index is 1150. The van der Waals surface area contributed by atoms with Gasteiger partial charge in [0.25, 0.3) is 15.9 Å². The lowest BCUT2D eigenvalue weighted by Gasteiger charge is -2.18. The van der Waals surface area contributed by atoms with Crippen LogP contribution in [0.2, 0.25) is 0 Å². The van der Waals surface area contributed by atoms with E-state index in [0.717, 1.165) is 11.6 Å². The molecule has 7 heteroatoms. The predicted octanol–water partition coefficient (Wildman–Crippen LogP) is 3.83. The Morgan fingerprint density at radius 1 is 0.964 bits per heavy atom. The number of halogens is 1. The first kappa shape index (κ1) is 18.2. The maximum atomic E-state index is 13.3. The number of amides is 1. The van der Waals surface area contributed by atoms with Gasteiger partial charge in [-0.15, -0.1) is 0 Å². The number of carbonyl (C=O) groups is 1. The van der Waals surface area contributed by atoms with Crippen molar-refractivity contribution in [3.8, 4) is 0 Å². The highest BCUT2D eigenvalue weighted by atomic mass is 32.2. The molecule has 142 valence electrons. The van der Waals surface area contributed by atoms with Crippen molar-refractivity contribution in [2.75, 3.05) is 16.2 Å². The van der Waals surface area contributed by atoms with Crippen LogP contribution in [-0.2, 0) is 16.4 Å². The number of anilines is 2. The molecule has 28 heavy (non-hydrogen) atoms. The number of hydrogen-bond acceptors (Lipinski definition) is 3. The minimum Gasteiger partial charge on any atom is -0.308 e.